The summed E-state index contributed by atoms with van der Waals surface area (Å²) in [7, 11) is 0. The zero-order valence-electron chi connectivity index (χ0n) is 17.5. The quantitative estimate of drug-likeness (QED) is 0.414. The lowest BCUT2D eigenvalue weighted by Crippen LogP contribution is -2.28. The van der Waals surface area contributed by atoms with Gasteiger partial charge in [-0.25, -0.2) is 4.98 Å². The average Bonchev–Trinajstić information content (AvgIpc) is 3.18. The van der Waals surface area contributed by atoms with Gasteiger partial charge in [0.15, 0.2) is 0 Å². The number of thiophene rings is 1. The Morgan fingerprint density at radius 2 is 1.94 bits per heavy atom. The maximum Gasteiger partial charge on any atom is 0.263 e. The molecule has 0 aliphatic heterocycles. The summed E-state index contributed by atoms with van der Waals surface area (Å²) < 4.78 is 1.34. The topological polar surface area (TPSA) is 64.0 Å². The smallest absolute Gasteiger partial charge is 0.263 e. The summed E-state index contributed by atoms with van der Waals surface area (Å²) in [5.41, 5.74) is 4.34. The molecule has 5 nitrogen and oxygen atoms in total. The molecule has 2 heterocycles. The number of halogens is 1. The van der Waals surface area contributed by atoms with Gasteiger partial charge in [0.05, 0.1) is 11.7 Å². The van der Waals surface area contributed by atoms with Crippen molar-refractivity contribution in [2.24, 2.45) is 0 Å². The van der Waals surface area contributed by atoms with Gasteiger partial charge in [0.1, 0.15) is 11.4 Å². The summed E-state index contributed by atoms with van der Waals surface area (Å²) >= 11 is 7.45. The van der Waals surface area contributed by atoms with Crippen LogP contribution in [0.2, 0.25) is 5.02 Å². The third-order valence-electron chi connectivity index (χ3n) is 5.24. The van der Waals surface area contributed by atoms with Crippen molar-refractivity contribution in [1.29, 1.82) is 0 Å². The summed E-state index contributed by atoms with van der Waals surface area (Å²) in [5, 5.41) is 5.84. The van der Waals surface area contributed by atoms with Crippen molar-refractivity contribution < 1.29 is 4.79 Å². The van der Waals surface area contributed by atoms with Gasteiger partial charge in [-0.05, 0) is 41.7 Å². The number of anilines is 1. The van der Waals surface area contributed by atoms with Crippen LogP contribution in [-0.4, -0.2) is 15.5 Å². The Bertz CT molecular complexity index is 1320. The van der Waals surface area contributed by atoms with E-state index in [1.165, 1.54) is 27.8 Å². The van der Waals surface area contributed by atoms with Crippen LogP contribution in [0.1, 0.15) is 30.9 Å². The maximum atomic E-state index is 13.2. The molecular weight excluding hydrogens is 430 g/mol. The first-order valence-corrected chi connectivity index (χ1v) is 11.2. The highest BCUT2D eigenvalue weighted by Crippen LogP contribution is 2.31. The lowest BCUT2D eigenvalue weighted by Gasteiger charge is -2.10. The fourth-order valence-corrected chi connectivity index (χ4v) is 4.49. The van der Waals surface area contributed by atoms with Gasteiger partial charge in [0.2, 0.25) is 5.91 Å². The molecule has 0 unspecified atom stereocenters. The molecule has 0 spiro atoms. The van der Waals surface area contributed by atoms with Crippen LogP contribution >= 0.6 is 22.9 Å². The van der Waals surface area contributed by atoms with E-state index in [-0.39, 0.29) is 18.0 Å². The predicted octanol–water partition coefficient (Wildman–Crippen LogP) is 5.85. The van der Waals surface area contributed by atoms with Crippen LogP contribution in [0.5, 0.6) is 0 Å². The normalized spacial score (nSPS) is 11.3. The van der Waals surface area contributed by atoms with Crippen molar-refractivity contribution in [3.05, 3.63) is 80.7 Å². The number of aromatic nitrogens is 2. The molecule has 1 N–H and O–H groups in total. The molecule has 0 fully saturated rings. The Morgan fingerprint density at radius 3 is 2.65 bits per heavy atom. The van der Waals surface area contributed by atoms with E-state index in [1.807, 2.05) is 30.5 Å². The fourth-order valence-electron chi connectivity index (χ4n) is 3.41. The largest absolute Gasteiger partial charge is 0.324 e. The van der Waals surface area contributed by atoms with Gasteiger partial charge in [-0.2, -0.15) is 0 Å². The highest BCUT2D eigenvalue weighted by Gasteiger charge is 2.15. The fraction of sp³-hybridized carbons (Fsp3) is 0.208. The molecule has 2 aromatic heterocycles. The van der Waals surface area contributed by atoms with E-state index in [1.54, 1.807) is 12.1 Å². The van der Waals surface area contributed by atoms with Crippen molar-refractivity contribution in [2.75, 3.05) is 5.32 Å². The Hall–Kier alpha value is -2.96. The number of rotatable bonds is 5. The van der Waals surface area contributed by atoms with Crippen molar-refractivity contribution in [2.45, 2.75) is 33.2 Å². The molecule has 4 rings (SSSR count). The highest BCUT2D eigenvalue weighted by molar-refractivity contribution is 7.17. The van der Waals surface area contributed by atoms with Gasteiger partial charge in [-0.15, -0.1) is 11.3 Å². The van der Waals surface area contributed by atoms with Crippen LogP contribution < -0.4 is 10.9 Å². The molecule has 0 saturated carbocycles. The van der Waals surface area contributed by atoms with Crippen LogP contribution in [-0.2, 0) is 11.3 Å². The molecule has 1 amide bonds. The first-order chi connectivity index (χ1) is 14.8. The van der Waals surface area contributed by atoms with Gasteiger partial charge < -0.3 is 5.32 Å². The summed E-state index contributed by atoms with van der Waals surface area (Å²) in [4.78, 5) is 30.9. The van der Waals surface area contributed by atoms with E-state index < -0.39 is 0 Å². The summed E-state index contributed by atoms with van der Waals surface area (Å²) in [6.45, 7) is 6.05. The van der Waals surface area contributed by atoms with Crippen molar-refractivity contribution in [3.63, 3.8) is 0 Å². The molecule has 0 radical (unpaired) electrons. The minimum absolute atomic E-state index is 0.130. The zero-order chi connectivity index (χ0) is 22.1. The number of carbonyl (C=O) groups excluding carboxylic acids is 1. The zero-order valence-corrected chi connectivity index (χ0v) is 19.1. The predicted molar refractivity (Wildman–Crippen MR) is 128 cm³/mol. The van der Waals surface area contributed by atoms with E-state index in [0.29, 0.717) is 26.8 Å². The molecule has 0 aliphatic carbocycles. The first-order valence-electron chi connectivity index (χ1n) is 9.96. The molecule has 0 atom stereocenters. The SMILES string of the molecule is Cc1ccc(Cl)cc1NC(=O)Cn1cnc2scc(-c3ccc(C(C)C)cc3)c2c1=O. The van der Waals surface area contributed by atoms with Gasteiger partial charge in [-0.3, -0.25) is 14.2 Å². The van der Waals surface area contributed by atoms with Gasteiger partial charge in [0.25, 0.3) is 5.56 Å². The highest BCUT2D eigenvalue weighted by atomic mass is 35.5. The third kappa shape index (κ3) is 4.40. The van der Waals surface area contributed by atoms with Gasteiger partial charge >= 0.3 is 0 Å². The number of hydrogen-bond donors (Lipinski definition) is 1. The number of nitrogens with zero attached hydrogens (tertiary/aromatic N) is 2. The second-order valence-corrected chi connectivity index (χ2v) is 9.09. The lowest BCUT2D eigenvalue weighted by atomic mass is 9.99. The maximum absolute atomic E-state index is 13.2. The molecule has 0 bridgehead atoms. The van der Waals surface area contributed by atoms with Crippen LogP contribution in [0.4, 0.5) is 5.69 Å². The van der Waals surface area contributed by atoms with Crippen LogP contribution in [0.25, 0.3) is 21.3 Å². The molecule has 7 heteroatoms. The minimum atomic E-state index is -0.313. The number of hydrogen-bond acceptors (Lipinski definition) is 4. The molecular formula is C24H22ClN3O2S. The number of aryl methyl sites for hydroxylation is 1. The number of fused-ring (bicyclic) bond motifs is 1. The Kier molecular flexibility index (Phi) is 5.94. The van der Waals surface area contributed by atoms with Gasteiger partial charge in [0, 0.05) is 21.7 Å². The standard InChI is InChI=1S/C24H22ClN3O2S/c1-14(2)16-5-7-17(8-6-16)19-12-31-23-22(19)24(30)28(13-26-23)11-21(29)27-20-10-18(25)9-4-15(20)3/h4-10,12-14H,11H2,1-3H3,(H,27,29). The molecule has 0 aliphatic rings. The molecule has 158 valence electrons. The van der Waals surface area contributed by atoms with E-state index in [9.17, 15) is 9.59 Å². The van der Waals surface area contributed by atoms with E-state index in [2.05, 4.69) is 36.3 Å². The van der Waals surface area contributed by atoms with Crippen molar-refractivity contribution >= 4 is 44.7 Å². The van der Waals surface area contributed by atoms with Gasteiger partial charge in [-0.1, -0.05) is 55.8 Å². The van der Waals surface area contributed by atoms with Crippen LogP contribution in [0, 0.1) is 6.92 Å². The van der Waals surface area contributed by atoms with E-state index in [4.69, 9.17) is 11.6 Å². The Morgan fingerprint density at radius 1 is 1.19 bits per heavy atom. The third-order valence-corrected chi connectivity index (χ3v) is 6.36. The summed E-state index contributed by atoms with van der Waals surface area (Å²) in [6, 6.07) is 13.5. The van der Waals surface area contributed by atoms with Crippen LogP contribution in [0.15, 0.2) is 59.0 Å². The first kappa shape index (κ1) is 21.3. The molecule has 4 aromatic rings. The number of carbonyl (C=O) groups is 1. The molecule has 0 saturated heterocycles. The second kappa shape index (κ2) is 8.65. The monoisotopic (exact) mass is 451 g/mol. The molecule has 2 aromatic carbocycles. The van der Waals surface area contributed by atoms with Crippen molar-refractivity contribution in [1.82, 2.24) is 9.55 Å². The van der Waals surface area contributed by atoms with Crippen molar-refractivity contribution in [3.8, 4) is 11.1 Å². The van der Waals surface area contributed by atoms with E-state index >= 15 is 0 Å². The average molecular weight is 452 g/mol. The molecule has 31 heavy (non-hydrogen) atoms. The Labute approximate surface area is 189 Å². The summed E-state index contributed by atoms with van der Waals surface area (Å²) in [5.74, 6) is 0.125. The van der Waals surface area contributed by atoms with E-state index in [0.717, 1.165) is 16.7 Å². The minimum Gasteiger partial charge on any atom is -0.324 e. The Balaban J connectivity index is 1.65. The number of benzene rings is 2. The summed E-state index contributed by atoms with van der Waals surface area (Å²) in [6.07, 6.45) is 1.43. The number of amides is 1. The second-order valence-electron chi connectivity index (χ2n) is 7.79. The van der Waals surface area contributed by atoms with Crippen LogP contribution in [0.3, 0.4) is 0 Å². The lowest BCUT2D eigenvalue weighted by molar-refractivity contribution is -0.116. The number of nitrogens with one attached hydrogen (secondary N) is 1.